The van der Waals surface area contributed by atoms with Crippen LogP contribution in [0.4, 0.5) is 0 Å². The Balaban J connectivity index is 2.37. The highest BCUT2D eigenvalue weighted by Gasteiger charge is 2.10. The third-order valence-corrected chi connectivity index (χ3v) is 4.35. The molecule has 2 rings (SSSR count). The number of hydrogen-bond donors (Lipinski definition) is 0. The third-order valence-electron chi connectivity index (χ3n) is 2.75. The van der Waals surface area contributed by atoms with E-state index in [1.54, 1.807) is 6.07 Å². The summed E-state index contributed by atoms with van der Waals surface area (Å²) in [4.78, 5) is 0. The van der Waals surface area contributed by atoms with Gasteiger partial charge in [-0.2, -0.15) is 0 Å². The van der Waals surface area contributed by atoms with Crippen molar-refractivity contribution in [1.82, 2.24) is 0 Å². The van der Waals surface area contributed by atoms with Crippen molar-refractivity contribution in [2.45, 2.75) is 13.3 Å². The van der Waals surface area contributed by atoms with E-state index in [4.69, 9.17) is 46.4 Å². The van der Waals surface area contributed by atoms with Crippen LogP contribution in [-0.4, -0.2) is 0 Å². The number of benzene rings is 2. The van der Waals surface area contributed by atoms with Gasteiger partial charge in [0.25, 0.3) is 0 Å². The van der Waals surface area contributed by atoms with E-state index in [0.29, 0.717) is 26.5 Å². The van der Waals surface area contributed by atoms with Gasteiger partial charge in [0.15, 0.2) is 0 Å². The van der Waals surface area contributed by atoms with E-state index in [1.165, 1.54) is 0 Å². The molecule has 0 heterocycles. The van der Waals surface area contributed by atoms with Gasteiger partial charge in [-0.25, -0.2) is 0 Å². The predicted molar refractivity (Wildman–Crippen MR) is 80.5 cm³/mol. The molecule has 0 saturated heterocycles. The second kappa shape index (κ2) is 5.71. The molecule has 0 aliphatic carbocycles. The topological polar surface area (TPSA) is 0 Å². The van der Waals surface area contributed by atoms with Crippen LogP contribution in [0, 0.1) is 6.92 Å². The van der Waals surface area contributed by atoms with Crippen LogP contribution in [0.3, 0.4) is 0 Å². The molecule has 2 aromatic carbocycles. The summed E-state index contributed by atoms with van der Waals surface area (Å²) in [5.41, 5.74) is 2.90. The summed E-state index contributed by atoms with van der Waals surface area (Å²) in [5.74, 6) is 0. The molecular formula is C14H10Cl4. The molecule has 0 N–H and O–H groups in total. The van der Waals surface area contributed by atoms with Crippen molar-refractivity contribution < 1.29 is 0 Å². The largest absolute Gasteiger partial charge is 0.0843 e. The minimum atomic E-state index is 0.586. The fourth-order valence-electron chi connectivity index (χ4n) is 1.69. The summed E-state index contributed by atoms with van der Waals surface area (Å²) in [6.07, 6.45) is 0.634. The molecule has 0 atom stereocenters. The van der Waals surface area contributed by atoms with E-state index in [0.717, 1.165) is 16.7 Å². The van der Waals surface area contributed by atoms with Gasteiger partial charge in [0, 0.05) is 16.5 Å². The summed E-state index contributed by atoms with van der Waals surface area (Å²) < 4.78 is 0. The highest BCUT2D eigenvalue weighted by molar-refractivity contribution is 6.43. The smallest absolute Gasteiger partial charge is 0.0630 e. The maximum Gasteiger partial charge on any atom is 0.0630 e. The molecule has 0 amide bonds. The number of aryl methyl sites for hydroxylation is 1. The second-order valence-electron chi connectivity index (χ2n) is 4.08. The highest BCUT2D eigenvalue weighted by Crippen LogP contribution is 2.32. The Morgan fingerprint density at radius 1 is 0.833 bits per heavy atom. The van der Waals surface area contributed by atoms with Crippen LogP contribution in [0.1, 0.15) is 16.7 Å². The van der Waals surface area contributed by atoms with Crippen LogP contribution in [0.15, 0.2) is 30.3 Å². The Bertz CT molecular complexity index is 591. The van der Waals surface area contributed by atoms with E-state index in [-0.39, 0.29) is 0 Å². The number of halogens is 4. The van der Waals surface area contributed by atoms with Gasteiger partial charge in [0.05, 0.1) is 10.0 Å². The first-order valence-electron chi connectivity index (χ1n) is 5.36. The molecule has 0 fully saturated rings. The molecule has 0 spiro atoms. The van der Waals surface area contributed by atoms with E-state index in [9.17, 15) is 0 Å². The van der Waals surface area contributed by atoms with E-state index in [2.05, 4.69) is 0 Å². The average Bonchev–Trinajstić information content (AvgIpc) is 2.33. The first-order chi connectivity index (χ1) is 8.49. The minimum Gasteiger partial charge on any atom is -0.0843 e. The fraction of sp³-hybridized carbons (Fsp3) is 0.143. The van der Waals surface area contributed by atoms with E-state index in [1.807, 2.05) is 31.2 Å². The van der Waals surface area contributed by atoms with Gasteiger partial charge in [-0.15, -0.1) is 0 Å². The number of rotatable bonds is 2. The van der Waals surface area contributed by atoms with Crippen molar-refractivity contribution in [2.75, 3.05) is 0 Å². The first kappa shape index (κ1) is 14.0. The molecule has 0 radical (unpaired) electrons. The van der Waals surface area contributed by atoms with Crippen molar-refractivity contribution in [3.63, 3.8) is 0 Å². The lowest BCUT2D eigenvalue weighted by Gasteiger charge is -2.09. The monoisotopic (exact) mass is 318 g/mol. The van der Waals surface area contributed by atoms with Crippen molar-refractivity contribution in [1.29, 1.82) is 0 Å². The van der Waals surface area contributed by atoms with Gasteiger partial charge in [0.1, 0.15) is 0 Å². The van der Waals surface area contributed by atoms with Gasteiger partial charge in [-0.05, 0) is 35.7 Å². The standard InChI is InChI=1S/C14H10Cl4/c1-8-2-3-10(14(18)13(8)17)6-9-4-5-11(15)7-12(9)16/h2-5,7H,6H2,1H3. The van der Waals surface area contributed by atoms with Crippen LogP contribution >= 0.6 is 46.4 Å². The molecular weight excluding hydrogens is 310 g/mol. The van der Waals surface area contributed by atoms with Gasteiger partial charge in [0.2, 0.25) is 0 Å². The van der Waals surface area contributed by atoms with Crippen LogP contribution in [-0.2, 0) is 6.42 Å². The maximum atomic E-state index is 6.23. The van der Waals surface area contributed by atoms with Crippen LogP contribution in [0.2, 0.25) is 20.1 Å². The zero-order chi connectivity index (χ0) is 13.3. The van der Waals surface area contributed by atoms with Crippen LogP contribution < -0.4 is 0 Å². The van der Waals surface area contributed by atoms with Crippen molar-refractivity contribution in [2.24, 2.45) is 0 Å². The molecule has 0 saturated carbocycles. The minimum absolute atomic E-state index is 0.586. The lowest BCUT2D eigenvalue weighted by Crippen LogP contribution is -1.92. The van der Waals surface area contributed by atoms with Crippen LogP contribution in [0.25, 0.3) is 0 Å². The summed E-state index contributed by atoms with van der Waals surface area (Å²) in [6, 6.07) is 9.35. The quantitative estimate of drug-likeness (QED) is 0.618. The lowest BCUT2D eigenvalue weighted by molar-refractivity contribution is 1.19. The fourth-order valence-corrected chi connectivity index (χ4v) is 2.63. The average molecular weight is 320 g/mol. The molecule has 0 unspecified atom stereocenters. The Hall–Kier alpha value is -0.400. The lowest BCUT2D eigenvalue weighted by atomic mass is 10.0. The highest BCUT2D eigenvalue weighted by atomic mass is 35.5. The van der Waals surface area contributed by atoms with Crippen LogP contribution in [0.5, 0.6) is 0 Å². The zero-order valence-corrected chi connectivity index (χ0v) is 12.6. The van der Waals surface area contributed by atoms with Gasteiger partial charge < -0.3 is 0 Å². The summed E-state index contributed by atoms with van der Waals surface area (Å²) in [6.45, 7) is 1.92. The summed E-state index contributed by atoms with van der Waals surface area (Å²) in [7, 11) is 0. The molecule has 18 heavy (non-hydrogen) atoms. The number of hydrogen-bond acceptors (Lipinski definition) is 0. The maximum absolute atomic E-state index is 6.23. The first-order valence-corrected chi connectivity index (χ1v) is 6.87. The SMILES string of the molecule is Cc1ccc(Cc2ccc(Cl)cc2Cl)c(Cl)c1Cl. The third kappa shape index (κ3) is 2.95. The molecule has 0 bridgehead atoms. The molecule has 0 aliphatic rings. The van der Waals surface area contributed by atoms with Gasteiger partial charge in [-0.1, -0.05) is 64.6 Å². The molecule has 0 aliphatic heterocycles. The van der Waals surface area contributed by atoms with Gasteiger partial charge >= 0.3 is 0 Å². The summed E-state index contributed by atoms with van der Waals surface area (Å²) >= 11 is 24.4. The Morgan fingerprint density at radius 3 is 2.17 bits per heavy atom. The Kier molecular flexibility index (Phi) is 4.45. The zero-order valence-electron chi connectivity index (χ0n) is 9.61. The molecule has 4 heteroatoms. The Labute approximate surface area is 126 Å². The molecule has 2 aromatic rings. The Morgan fingerprint density at radius 2 is 1.50 bits per heavy atom. The second-order valence-corrected chi connectivity index (χ2v) is 5.68. The molecule has 94 valence electrons. The summed E-state index contributed by atoms with van der Waals surface area (Å²) in [5, 5.41) is 2.44. The predicted octanol–water partition coefficient (Wildman–Crippen LogP) is 6.20. The molecule has 0 nitrogen and oxygen atoms in total. The normalized spacial score (nSPS) is 10.7. The van der Waals surface area contributed by atoms with Crippen molar-refractivity contribution in [3.8, 4) is 0 Å². The molecule has 0 aromatic heterocycles. The van der Waals surface area contributed by atoms with Crippen molar-refractivity contribution >= 4 is 46.4 Å². The van der Waals surface area contributed by atoms with Gasteiger partial charge in [-0.3, -0.25) is 0 Å². The van der Waals surface area contributed by atoms with E-state index >= 15 is 0 Å². The van der Waals surface area contributed by atoms with E-state index < -0.39 is 0 Å². The van der Waals surface area contributed by atoms with Crippen molar-refractivity contribution in [3.05, 3.63) is 67.1 Å².